The second kappa shape index (κ2) is 4.99. The summed E-state index contributed by atoms with van der Waals surface area (Å²) in [6.07, 6.45) is 0.914. The van der Waals surface area contributed by atoms with E-state index in [9.17, 15) is 9.18 Å². The van der Waals surface area contributed by atoms with Crippen molar-refractivity contribution in [3.8, 4) is 0 Å². The summed E-state index contributed by atoms with van der Waals surface area (Å²) in [7, 11) is 0. The zero-order chi connectivity index (χ0) is 15.0. The quantitative estimate of drug-likeness (QED) is 0.769. The van der Waals surface area contributed by atoms with E-state index in [0.29, 0.717) is 12.1 Å². The average Bonchev–Trinajstić information content (AvgIpc) is 2.48. The molecule has 1 amide bonds. The van der Waals surface area contributed by atoms with Crippen LogP contribution in [0.3, 0.4) is 0 Å². The maximum Gasteiger partial charge on any atom is 0.258 e. The summed E-state index contributed by atoms with van der Waals surface area (Å²) >= 11 is 0. The average molecular weight is 283 g/mol. The Morgan fingerprint density at radius 3 is 2.48 bits per heavy atom. The van der Waals surface area contributed by atoms with Crippen molar-refractivity contribution in [1.29, 1.82) is 0 Å². The predicted octanol–water partition coefficient (Wildman–Crippen LogP) is 4.15. The lowest BCUT2D eigenvalue weighted by atomic mass is 9.77. The highest BCUT2D eigenvalue weighted by atomic mass is 19.1. The van der Waals surface area contributed by atoms with Gasteiger partial charge >= 0.3 is 0 Å². The number of anilines is 1. The van der Waals surface area contributed by atoms with Crippen molar-refractivity contribution >= 4 is 11.6 Å². The Balaban J connectivity index is 2.00. The minimum Gasteiger partial charge on any atom is -0.308 e. The van der Waals surface area contributed by atoms with E-state index in [2.05, 4.69) is 19.9 Å². The third-order valence-electron chi connectivity index (χ3n) is 4.22. The van der Waals surface area contributed by atoms with E-state index >= 15 is 0 Å². The summed E-state index contributed by atoms with van der Waals surface area (Å²) in [6.45, 7) is 5.08. The fraction of sp³-hybridized carbons (Fsp3) is 0.278. The number of halogens is 1. The number of benzene rings is 2. The molecule has 0 bridgehead atoms. The summed E-state index contributed by atoms with van der Waals surface area (Å²) in [4.78, 5) is 14.5. The van der Waals surface area contributed by atoms with Crippen molar-refractivity contribution in [2.24, 2.45) is 0 Å². The lowest BCUT2D eigenvalue weighted by Crippen LogP contribution is -2.41. The van der Waals surface area contributed by atoms with E-state index in [0.717, 1.165) is 12.1 Å². The molecule has 108 valence electrons. The Morgan fingerprint density at radius 1 is 1.10 bits per heavy atom. The zero-order valence-electron chi connectivity index (χ0n) is 12.3. The molecular formula is C18H18FNO. The first-order valence-electron chi connectivity index (χ1n) is 7.16. The van der Waals surface area contributed by atoms with Crippen LogP contribution in [0.2, 0.25) is 0 Å². The van der Waals surface area contributed by atoms with Gasteiger partial charge in [0.2, 0.25) is 0 Å². The molecule has 1 heterocycles. The molecule has 0 radical (unpaired) electrons. The molecule has 1 aliphatic rings. The van der Waals surface area contributed by atoms with Crippen LogP contribution in [0, 0.1) is 5.82 Å². The Labute approximate surface area is 124 Å². The Morgan fingerprint density at radius 2 is 1.76 bits per heavy atom. The maximum atomic E-state index is 13.0. The largest absolute Gasteiger partial charge is 0.308 e. The van der Waals surface area contributed by atoms with Gasteiger partial charge < -0.3 is 4.90 Å². The molecule has 0 fully saturated rings. The summed E-state index contributed by atoms with van der Waals surface area (Å²) in [5.74, 6) is -0.398. The molecule has 0 spiro atoms. The van der Waals surface area contributed by atoms with Crippen LogP contribution in [0.4, 0.5) is 10.1 Å². The van der Waals surface area contributed by atoms with Crippen LogP contribution in [0.25, 0.3) is 0 Å². The van der Waals surface area contributed by atoms with Crippen molar-refractivity contribution in [3.05, 3.63) is 65.5 Å². The number of nitrogens with zero attached hydrogens (tertiary/aromatic N) is 1. The summed E-state index contributed by atoms with van der Waals surface area (Å²) in [5.41, 5.74) is 2.73. The van der Waals surface area contributed by atoms with Crippen molar-refractivity contribution in [2.45, 2.75) is 25.7 Å². The van der Waals surface area contributed by atoms with Gasteiger partial charge in [0, 0.05) is 17.8 Å². The molecule has 0 aliphatic carbocycles. The molecular weight excluding hydrogens is 265 g/mol. The number of hydrogen-bond acceptors (Lipinski definition) is 1. The number of hydrogen-bond donors (Lipinski definition) is 0. The van der Waals surface area contributed by atoms with E-state index in [-0.39, 0.29) is 17.1 Å². The van der Waals surface area contributed by atoms with E-state index in [1.54, 1.807) is 17.0 Å². The normalized spacial score (nSPS) is 16.4. The SMILES string of the molecule is CC1(C)CCN(C(=O)c2ccc(F)cc2)c2ccccc21. The van der Waals surface area contributed by atoms with Crippen LogP contribution in [0.5, 0.6) is 0 Å². The maximum absolute atomic E-state index is 13.0. The van der Waals surface area contributed by atoms with E-state index < -0.39 is 0 Å². The highest BCUT2D eigenvalue weighted by Crippen LogP contribution is 2.39. The molecule has 2 aromatic rings. The van der Waals surface area contributed by atoms with Gasteiger partial charge in [-0.3, -0.25) is 4.79 Å². The summed E-state index contributed by atoms with van der Waals surface area (Å²) in [5, 5.41) is 0. The lowest BCUT2D eigenvalue weighted by molar-refractivity contribution is 0.0982. The third kappa shape index (κ3) is 2.44. The molecule has 2 nitrogen and oxygen atoms in total. The van der Waals surface area contributed by atoms with Gasteiger partial charge in [-0.25, -0.2) is 4.39 Å². The molecule has 0 saturated carbocycles. The summed E-state index contributed by atoms with van der Waals surface area (Å²) in [6, 6.07) is 13.8. The van der Waals surface area contributed by atoms with Gasteiger partial charge in [-0.2, -0.15) is 0 Å². The second-order valence-electron chi connectivity index (χ2n) is 6.11. The first kappa shape index (κ1) is 13.8. The number of para-hydroxylation sites is 1. The van der Waals surface area contributed by atoms with E-state index in [1.165, 1.54) is 17.7 Å². The zero-order valence-corrected chi connectivity index (χ0v) is 12.3. The topological polar surface area (TPSA) is 20.3 Å². The van der Waals surface area contributed by atoms with E-state index in [4.69, 9.17) is 0 Å². The molecule has 0 unspecified atom stereocenters. The molecule has 0 aromatic heterocycles. The van der Waals surface area contributed by atoms with Crippen molar-refractivity contribution in [3.63, 3.8) is 0 Å². The highest BCUT2D eigenvalue weighted by molar-refractivity contribution is 6.06. The highest BCUT2D eigenvalue weighted by Gasteiger charge is 2.33. The Kier molecular flexibility index (Phi) is 3.28. The Hall–Kier alpha value is -2.16. The van der Waals surface area contributed by atoms with Crippen molar-refractivity contribution < 1.29 is 9.18 Å². The molecule has 3 rings (SSSR count). The number of carbonyl (C=O) groups excluding carboxylic acids is 1. The van der Waals surface area contributed by atoms with Gasteiger partial charge in [0.15, 0.2) is 0 Å². The number of fused-ring (bicyclic) bond motifs is 1. The predicted molar refractivity (Wildman–Crippen MR) is 82.2 cm³/mol. The van der Waals surface area contributed by atoms with Crippen LogP contribution in [-0.2, 0) is 5.41 Å². The van der Waals surface area contributed by atoms with Gasteiger partial charge in [-0.05, 0) is 47.7 Å². The molecule has 21 heavy (non-hydrogen) atoms. The van der Waals surface area contributed by atoms with Gasteiger partial charge in [0.25, 0.3) is 5.91 Å². The second-order valence-corrected chi connectivity index (χ2v) is 6.11. The first-order valence-corrected chi connectivity index (χ1v) is 7.16. The number of rotatable bonds is 1. The standard InChI is InChI=1S/C18H18FNO/c1-18(2)11-12-20(16-6-4-3-5-15(16)18)17(21)13-7-9-14(19)10-8-13/h3-10H,11-12H2,1-2H3. The molecule has 0 N–H and O–H groups in total. The smallest absolute Gasteiger partial charge is 0.258 e. The molecule has 3 heteroatoms. The minimum absolute atomic E-state index is 0.0656. The Bertz CT molecular complexity index is 676. The van der Waals surface area contributed by atoms with Crippen molar-refractivity contribution in [1.82, 2.24) is 0 Å². The monoisotopic (exact) mass is 283 g/mol. The fourth-order valence-corrected chi connectivity index (χ4v) is 2.89. The molecule has 2 aromatic carbocycles. The van der Waals surface area contributed by atoms with Gasteiger partial charge in [-0.15, -0.1) is 0 Å². The molecule has 1 aliphatic heterocycles. The fourth-order valence-electron chi connectivity index (χ4n) is 2.89. The van der Waals surface area contributed by atoms with Crippen LogP contribution in [0.1, 0.15) is 36.2 Å². The van der Waals surface area contributed by atoms with Crippen LogP contribution < -0.4 is 4.90 Å². The van der Waals surface area contributed by atoms with Gasteiger partial charge in [0.05, 0.1) is 0 Å². The van der Waals surface area contributed by atoms with Crippen LogP contribution in [-0.4, -0.2) is 12.5 Å². The number of amides is 1. The third-order valence-corrected chi connectivity index (χ3v) is 4.22. The summed E-state index contributed by atoms with van der Waals surface area (Å²) < 4.78 is 13.0. The van der Waals surface area contributed by atoms with Gasteiger partial charge in [-0.1, -0.05) is 32.0 Å². The first-order chi connectivity index (χ1) is 9.99. The van der Waals surface area contributed by atoms with E-state index in [1.807, 2.05) is 18.2 Å². The molecule has 0 saturated heterocycles. The lowest BCUT2D eigenvalue weighted by Gasteiger charge is -2.39. The van der Waals surface area contributed by atoms with Crippen molar-refractivity contribution in [2.75, 3.05) is 11.4 Å². The minimum atomic E-state index is -0.327. The van der Waals surface area contributed by atoms with Crippen LogP contribution in [0.15, 0.2) is 48.5 Å². The number of carbonyl (C=O) groups is 1. The molecule has 0 atom stereocenters. The van der Waals surface area contributed by atoms with Crippen LogP contribution >= 0.6 is 0 Å². The van der Waals surface area contributed by atoms with Gasteiger partial charge in [0.1, 0.15) is 5.82 Å².